The lowest BCUT2D eigenvalue weighted by molar-refractivity contribution is -0.141. The molecule has 0 aliphatic carbocycles. The van der Waals surface area contributed by atoms with E-state index in [0.717, 1.165) is 15.6 Å². The van der Waals surface area contributed by atoms with E-state index < -0.39 is 11.9 Å². The lowest BCUT2D eigenvalue weighted by Gasteiger charge is -2.13. The molecule has 0 heterocycles. The van der Waals surface area contributed by atoms with Crippen molar-refractivity contribution in [3.8, 4) is 0 Å². The van der Waals surface area contributed by atoms with Crippen molar-refractivity contribution in [3.63, 3.8) is 0 Å². The minimum atomic E-state index is -0.839. The smallest absolute Gasteiger partial charge is 0.307 e. The summed E-state index contributed by atoms with van der Waals surface area (Å²) < 4.78 is 13.8. The van der Waals surface area contributed by atoms with Gasteiger partial charge in [0.25, 0.3) is 0 Å². The highest BCUT2D eigenvalue weighted by Gasteiger charge is 2.18. The number of benzene rings is 2. The van der Waals surface area contributed by atoms with Gasteiger partial charge in [0.1, 0.15) is 5.82 Å². The fraction of sp³-hybridized carbons (Fsp3) is 0.188. The van der Waals surface area contributed by atoms with Gasteiger partial charge < -0.3 is 5.11 Å². The van der Waals surface area contributed by atoms with Crippen molar-refractivity contribution in [3.05, 3.63) is 69.9 Å². The molecule has 1 unspecified atom stereocenters. The summed E-state index contributed by atoms with van der Waals surface area (Å²) in [4.78, 5) is 11.4. The Bertz CT molecular complexity index is 596. The molecule has 0 aliphatic rings. The van der Waals surface area contributed by atoms with Crippen molar-refractivity contribution in [1.82, 2.24) is 0 Å². The first-order valence-corrected chi connectivity index (χ1v) is 7.05. The van der Waals surface area contributed by atoms with Crippen LogP contribution in [0.15, 0.2) is 53.0 Å². The lowest BCUT2D eigenvalue weighted by atomic mass is 9.93. The minimum absolute atomic E-state index is 0.312. The molecule has 1 atom stereocenters. The van der Waals surface area contributed by atoms with Crippen molar-refractivity contribution >= 4 is 21.9 Å². The highest BCUT2D eigenvalue weighted by molar-refractivity contribution is 9.10. The topological polar surface area (TPSA) is 37.3 Å². The van der Waals surface area contributed by atoms with Crippen LogP contribution >= 0.6 is 15.9 Å². The van der Waals surface area contributed by atoms with Crippen LogP contribution in [0, 0.1) is 11.7 Å². The molecule has 0 spiro atoms. The highest BCUT2D eigenvalue weighted by Crippen LogP contribution is 2.18. The van der Waals surface area contributed by atoms with Crippen LogP contribution < -0.4 is 0 Å². The quantitative estimate of drug-likeness (QED) is 0.893. The van der Waals surface area contributed by atoms with Gasteiger partial charge in [-0.2, -0.15) is 0 Å². The Kier molecular flexibility index (Phi) is 4.90. The zero-order valence-electron chi connectivity index (χ0n) is 10.7. The van der Waals surface area contributed by atoms with Gasteiger partial charge >= 0.3 is 5.97 Å². The standard InChI is InChI=1S/C16H14BrFO2/c17-14-3-1-2-12(10-14)9-13(16(19)20)8-11-4-6-15(18)7-5-11/h1-7,10,13H,8-9H2,(H,19,20). The van der Waals surface area contributed by atoms with Gasteiger partial charge in [0.2, 0.25) is 0 Å². The predicted molar refractivity (Wildman–Crippen MR) is 79.1 cm³/mol. The molecular weight excluding hydrogens is 323 g/mol. The molecular formula is C16H14BrFO2. The molecule has 2 rings (SSSR count). The van der Waals surface area contributed by atoms with Crippen LogP contribution in [0.25, 0.3) is 0 Å². The highest BCUT2D eigenvalue weighted by atomic mass is 79.9. The number of carboxylic acids is 1. The Balaban J connectivity index is 2.11. The molecule has 1 N–H and O–H groups in total. The summed E-state index contributed by atoms with van der Waals surface area (Å²) in [5.41, 5.74) is 1.79. The molecule has 0 aliphatic heterocycles. The molecule has 0 saturated heterocycles. The van der Waals surface area contributed by atoms with Crippen molar-refractivity contribution < 1.29 is 14.3 Å². The van der Waals surface area contributed by atoms with Gasteiger partial charge in [0.15, 0.2) is 0 Å². The maximum atomic E-state index is 12.9. The van der Waals surface area contributed by atoms with Gasteiger partial charge in [-0.3, -0.25) is 4.79 Å². The van der Waals surface area contributed by atoms with Gasteiger partial charge in [-0.1, -0.05) is 40.2 Å². The summed E-state index contributed by atoms with van der Waals surface area (Å²) in [5, 5.41) is 9.33. The van der Waals surface area contributed by atoms with Crippen molar-refractivity contribution in [1.29, 1.82) is 0 Å². The van der Waals surface area contributed by atoms with E-state index in [1.165, 1.54) is 12.1 Å². The first kappa shape index (κ1) is 14.7. The summed E-state index contributed by atoms with van der Waals surface area (Å²) in [6.07, 6.45) is 0.842. The third kappa shape index (κ3) is 4.17. The van der Waals surface area contributed by atoms with Crippen LogP contribution in [-0.2, 0) is 17.6 Å². The molecule has 4 heteroatoms. The molecule has 104 valence electrons. The van der Waals surface area contributed by atoms with E-state index in [1.807, 2.05) is 24.3 Å². The lowest BCUT2D eigenvalue weighted by Crippen LogP contribution is -2.19. The zero-order chi connectivity index (χ0) is 14.5. The summed E-state index contributed by atoms with van der Waals surface area (Å²) in [6, 6.07) is 13.6. The van der Waals surface area contributed by atoms with Crippen LogP contribution in [0.5, 0.6) is 0 Å². The third-order valence-corrected chi connectivity index (χ3v) is 3.61. The van der Waals surface area contributed by atoms with Gasteiger partial charge in [-0.15, -0.1) is 0 Å². The monoisotopic (exact) mass is 336 g/mol. The number of aliphatic carboxylic acids is 1. The van der Waals surface area contributed by atoms with E-state index in [2.05, 4.69) is 15.9 Å². The van der Waals surface area contributed by atoms with Crippen LogP contribution in [0.4, 0.5) is 4.39 Å². The Morgan fingerprint density at radius 3 is 2.35 bits per heavy atom. The number of hydrogen-bond donors (Lipinski definition) is 1. The largest absolute Gasteiger partial charge is 0.481 e. The average molecular weight is 337 g/mol. The molecule has 0 bridgehead atoms. The summed E-state index contributed by atoms with van der Waals surface area (Å²) in [5.74, 6) is -1.67. The number of halogens is 2. The Morgan fingerprint density at radius 1 is 1.10 bits per heavy atom. The number of rotatable bonds is 5. The minimum Gasteiger partial charge on any atom is -0.481 e. The maximum absolute atomic E-state index is 12.9. The maximum Gasteiger partial charge on any atom is 0.307 e. The summed E-state index contributed by atoms with van der Waals surface area (Å²) in [7, 11) is 0. The zero-order valence-corrected chi connectivity index (χ0v) is 12.3. The SMILES string of the molecule is O=C(O)C(Cc1ccc(F)cc1)Cc1cccc(Br)c1. The van der Waals surface area contributed by atoms with Crippen LogP contribution in [0.2, 0.25) is 0 Å². The molecule has 2 nitrogen and oxygen atoms in total. The molecule has 2 aromatic carbocycles. The Hall–Kier alpha value is -1.68. The Morgan fingerprint density at radius 2 is 1.75 bits per heavy atom. The van der Waals surface area contributed by atoms with E-state index in [1.54, 1.807) is 12.1 Å². The molecule has 0 radical (unpaired) electrons. The second kappa shape index (κ2) is 6.66. The fourth-order valence-electron chi connectivity index (χ4n) is 2.10. The molecule has 0 amide bonds. The van der Waals surface area contributed by atoms with Crippen LogP contribution in [-0.4, -0.2) is 11.1 Å². The second-order valence-electron chi connectivity index (χ2n) is 4.70. The van der Waals surface area contributed by atoms with Crippen molar-refractivity contribution in [2.45, 2.75) is 12.8 Å². The first-order valence-electron chi connectivity index (χ1n) is 6.26. The van der Waals surface area contributed by atoms with E-state index in [4.69, 9.17) is 0 Å². The van der Waals surface area contributed by atoms with Gasteiger partial charge in [-0.05, 0) is 48.2 Å². The Labute approximate surface area is 125 Å². The number of carbonyl (C=O) groups is 1. The van der Waals surface area contributed by atoms with Crippen molar-refractivity contribution in [2.24, 2.45) is 5.92 Å². The van der Waals surface area contributed by atoms with Crippen molar-refractivity contribution in [2.75, 3.05) is 0 Å². The molecule has 20 heavy (non-hydrogen) atoms. The van der Waals surface area contributed by atoms with E-state index in [-0.39, 0.29) is 5.82 Å². The summed E-state index contributed by atoms with van der Waals surface area (Å²) >= 11 is 3.37. The molecule has 2 aromatic rings. The number of hydrogen-bond acceptors (Lipinski definition) is 1. The average Bonchev–Trinajstić information content (AvgIpc) is 2.40. The first-order chi connectivity index (χ1) is 9.54. The van der Waals surface area contributed by atoms with Gasteiger partial charge in [0, 0.05) is 4.47 Å². The predicted octanol–water partition coefficient (Wildman–Crippen LogP) is 4.07. The second-order valence-corrected chi connectivity index (χ2v) is 5.62. The van der Waals surface area contributed by atoms with Gasteiger partial charge in [-0.25, -0.2) is 4.39 Å². The van der Waals surface area contributed by atoms with E-state index in [9.17, 15) is 14.3 Å². The van der Waals surface area contributed by atoms with Crippen LogP contribution in [0.3, 0.4) is 0 Å². The van der Waals surface area contributed by atoms with Crippen LogP contribution in [0.1, 0.15) is 11.1 Å². The van der Waals surface area contributed by atoms with Gasteiger partial charge in [0.05, 0.1) is 5.92 Å². The number of carboxylic acid groups (broad SMARTS) is 1. The fourth-order valence-corrected chi connectivity index (χ4v) is 2.55. The normalized spacial score (nSPS) is 12.1. The van der Waals surface area contributed by atoms with E-state index in [0.29, 0.717) is 12.8 Å². The molecule has 0 aromatic heterocycles. The molecule has 0 fully saturated rings. The molecule has 0 saturated carbocycles. The van der Waals surface area contributed by atoms with E-state index >= 15 is 0 Å². The summed E-state index contributed by atoms with van der Waals surface area (Å²) in [6.45, 7) is 0. The third-order valence-electron chi connectivity index (χ3n) is 3.12.